The number of methoxy groups -OCH3 is 1. The lowest BCUT2D eigenvalue weighted by atomic mass is 9.88. The van der Waals surface area contributed by atoms with E-state index in [0.29, 0.717) is 48.8 Å². The number of carbonyl (C=O) groups is 10. The predicted octanol–water partition coefficient (Wildman–Crippen LogP) is 4.38. The Hall–Kier alpha value is -7.12. The summed E-state index contributed by atoms with van der Waals surface area (Å²) < 4.78 is 29.4. The third-order valence-corrected chi connectivity index (χ3v) is 16.7. The number of hydrogen-bond acceptors (Lipinski definition) is 18. The number of Topliss-reactive ketones (excluding diaryl/α,β-unsaturated/α-hetero) is 2. The normalized spacial score (nSPS) is 25.4. The van der Waals surface area contributed by atoms with Gasteiger partial charge in [-0.3, -0.25) is 43.3 Å². The molecule has 0 aliphatic carbocycles. The van der Waals surface area contributed by atoms with Gasteiger partial charge in [0, 0.05) is 95.4 Å². The molecule has 0 aromatic heterocycles. The largest absolute Gasteiger partial charge is 0.457 e. The van der Waals surface area contributed by atoms with Crippen LogP contribution in [0.4, 0.5) is 9.59 Å². The fourth-order valence-corrected chi connectivity index (χ4v) is 10.7. The molecule has 4 aliphatic rings. The Labute approximate surface area is 515 Å². The zero-order valence-corrected chi connectivity index (χ0v) is 52.3. The van der Waals surface area contributed by atoms with E-state index in [-0.39, 0.29) is 114 Å². The number of hydrogen-bond donors (Lipinski definition) is 6. The van der Waals surface area contributed by atoms with Crippen molar-refractivity contribution in [3.8, 4) is 0 Å². The van der Waals surface area contributed by atoms with E-state index in [1.165, 1.54) is 42.9 Å². The molecule has 2 saturated heterocycles. The number of esters is 1. The molecule has 0 saturated carbocycles. The molecule has 486 valence electrons. The molecule has 4 aliphatic heterocycles. The molecule has 2 fully saturated rings. The number of nitrogens with two attached hydrogens (primary N) is 1. The molecule has 0 spiro atoms. The summed E-state index contributed by atoms with van der Waals surface area (Å²) in [4.78, 5) is 132. The van der Waals surface area contributed by atoms with Crippen molar-refractivity contribution in [3.63, 3.8) is 0 Å². The Morgan fingerprint density at radius 1 is 0.898 bits per heavy atom. The first-order valence-electron chi connectivity index (χ1n) is 30.5. The molecule has 88 heavy (non-hydrogen) atoms. The Kier molecular flexibility index (Phi) is 27.2. The van der Waals surface area contributed by atoms with Crippen LogP contribution in [0.3, 0.4) is 0 Å². The maximum Gasteiger partial charge on any atom is 0.410 e. The van der Waals surface area contributed by atoms with Crippen molar-refractivity contribution in [1.29, 1.82) is 0 Å². The van der Waals surface area contributed by atoms with Gasteiger partial charge in [0.1, 0.15) is 18.3 Å². The molecule has 0 radical (unpaired) electrons. The lowest BCUT2D eigenvalue weighted by Crippen LogP contribution is -2.53. The number of allylic oxidation sites excluding steroid dienone is 2. The van der Waals surface area contributed by atoms with E-state index in [9.17, 15) is 63.3 Å². The number of imide groups is 1. The molecule has 0 unspecified atom stereocenters. The minimum atomic E-state index is -1.29. The number of benzene rings is 1. The average molecular weight is 1230 g/mol. The molecule has 5 rings (SSSR count). The van der Waals surface area contributed by atoms with Crippen molar-refractivity contribution < 1.29 is 86.9 Å². The Morgan fingerprint density at radius 2 is 1.53 bits per heavy atom. The molecule has 24 heteroatoms. The topological polar surface area (TPSA) is 341 Å². The maximum absolute atomic E-state index is 13.9. The summed E-state index contributed by atoms with van der Waals surface area (Å²) in [7, 11) is 1.48. The van der Waals surface area contributed by atoms with Gasteiger partial charge in [0.15, 0.2) is 17.7 Å². The van der Waals surface area contributed by atoms with Crippen molar-refractivity contribution >= 4 is 59.3 Å². The van der Waals surface area contributed by atoms with Gasteiger partial charge < -0.3 is 65.2 Å². The van der Waals surface area contributed by atoms with Crippen LogP contribution in [0.1, 0.15) is 137 Å². The van der Waals surface area contributed by atoms with Crippen LogP contribution in [-0.2, 0) is 75.1 Å². The molecule has 0 bridgehead atoms. The number of nitrogens with zero attached hydrogens (tertiary/aromatic N) is 3. The highest BCUT2D eigenvalue weighted by atomic mass is 16.6. The number of cyclic esters (lactones) is 1. The number of ketones is 2. The van der Waals surface area contributed by atoms with E-state index in [2.05, 4.69) is 10.6 Å². The van der Waals surface area contributed by atoms with Crippen molar-refractivity contribution in [1.82, 2.24) is 25.3 Å². The number of amides is 7. The zero-order valence-electron chi connectivity index (χ0n) is 52.3. The summed E-state index contributed by atoms with van der Waals surface area (Å²) in [6.45, 7) is 14.5. The highest BCUT2D eigenvalue weighted by molar-refractivity contribution is 6.12. The van der Waals surface area contributed by atoms with Gasteiger partial charge in [-0.2, -0.15) is 0 Å². The average Bonchev–Trinajstić information content (AvgIpc) is 3.04. The number of primary amides is 1. The molecular weight excluding hydrogens is 1140 g/mol. The second kappa shape index (κ2) is 33.5. The van der Waals surface area contributed by atoms with Crippen LogP contribution >= 0.6 is 0 Å². The van der Waals surface area contributed by atoms with Gasteiger partial charge in [0.05, 0.1) is 54.9 Å². The minimum Gasteiger partial charge on any atom is -0.457 e. The van der Waals surface area contributed by atoms with E-state index in [4.69, 9.17) is 29.4 Å². The standard InChI is InChI=1S/C64H92N6O18/c1-10-48(72)42(5)59-51(86-59)37-63(7,83)26-14-15-39(2)58-40(3)17-22-52(64(8,84-9)27-25-46(71)35-57(79)88-58)87-62(82)69-31-29-68(30-32-69)61(81)85-38-45-20-18-44(19-21-45)34-50(74)47(36-53(65)75)67-60(80)41(4)33-49(73)43(6)66-54(76)16-12-11-13-28-70-55(77)23-24-56(70)78/h14-15,17-24,26,40-43,46-48,51-52,58-59,71-72,83H,10-13,16,25,27-38H2,1-9H3,(H2,65,75)(H,66,76)(H,67,80)/b22-17+,26-14+,39-15+/t40-,41+,42+,43-,46+,47-,48-,51+,52-,58+,59+,63-,64+/m0/s1. The monoisotopic (exact) mass is 1230 g/mol. The third kappa shape index (κ3) is 22.2. The van der Waals surface area contributed by atoms with Gasteiger partial charge in [-0.05, 0) is 82.6 Å². The highest BCUT2D eigenvalue weighted by Crippen LogP contribution is 2.38. The molecule has 24 nitrogen and oxygen atoms in total. The smallest absolute Gasteiger partial charge is 0.410 e. The summed E-state index contributed by atoms with van der Waals surface area (Å²) in [5, 5.41) is 37.6. The molecule has 1 aromatic carbocycles. The first-order valence-corrected chi connectivity index (χ1v) is 30.5. The zero-order chi connectivity index (χ0) is 65.0. The lowest BCUT2D eigenvalue weighted by Gasteiger charge is -2.38. The Morgan fingerprint density at radius 3 is 2.16 bits per heavy atom. The molecule has 4 heterocycles. The quantitative estimate of drug-likeness (QED) is 0.0123. The first kappa shape index (κ1) is 71.6. The molecule has 13 atom stereocenters. The van der Waals surface area contributed by atoms with Gasteiger partial charge in [-0.15, -0.1) is 0 Å². The second-order valence-corrected chi connectivity index (χ2v) is 24.2. The number of ether oxygens (including phenoxy) is 5. The summed E-state index contributed by atoms with van der Waals surface area (Å²) in [6, 6.07) is 4.39. The van der Waals surface area contributed by atoms with Crippen molar-refractivity contribution in [2.24, 2.45) is 23.5 Å². The first-order chi connectivity index (χ1) is 41.5. The minimum absolute atomic E-state index is 0.0629. The summed E-state index contributed by atoms with van der Waals surface area (Å²) in [5.74, 6) is -5.61. The third-order valence-electron chi connectivity index (χ3n) is 16.7. The van der Waals surface area contributed by atoms with Crippen LogP contribution in [-0.4, -0.2) is 189 Å². The number of nitrogens with one attached hydrogen (secondary N) is 2. The van der Waals surface area contributed by atoms with Gasteiger partial charge >= 0.3 is 18.2 Å². The molecule has 7 amide bonds. The van der Waals surface area contributed by atoms with Crippen LogP contribution in [0.5, 0.6) is 0 Å². The van der Waals surface area contributed by atoms with Crippen molar-refractivity contribution in [2.75, 3.05) is 39.8 Å². The van der Waals surface area contributed by atoms with Gasteiger partial charge in [-0.1, -0.05) is 82.7 Å². The number of epoxide rings is 1. The van der Waals surface area contributed by atoms with E-state index < -0.39 is 107 Å². The van der Waals surface area contributed by atoms with Crippen molar-refractivity contribution in [2.45, 2.75) is 199 Å². The van der Waals surface area contributed by atoms with Crippen LogP contribution in [0.2, 0.25) is 0 Å². The molecule has 7 N–H and O–H groups in total. The van der Waals surface area contributed by atoms with Gasteiger partial charge in [-0.25, -0.2) is 9.59 Å². The van der Waals surface area contributed by atoms with Crippen LogP contribution < -0.4 is 16.4 Å². The number of aliphatic hydroxyl groups excluding tert-OH is 2. The van der Waals surface area contributed by atoms with E-state index in [1.807, 2.05) is 20.8 Å². The van der Waals surface area contributed by atoms with E-state index in [0.717, 1.165) is 4.90 Å². The SMILES string of the molecule is CC[C@H](O)[C@@H](C)[C@H]1O[C@@H]1C[C@@](C)(O)/C=C/C=C(\C)[C@H]1OC(=O)C[C@H](O)CC[C@@](C)(OC)[C@@H](OC(=O)N2CCN(C(=O)OCc3ccc(CC(=O)[C@H](CC(N)=O)NC(=O)[C@H](C)CC(=O)[C@H](C)NC(=O)CCCCCN4C(=O)C=CC4=O)cc3)CC2)/C=C/[C@@H]1C. The Bertz CT molecular complexity index is 2740. The fourth-order valence-electron chi connectivity index (χ4n) is 10.7. The number of rotatable bonds is 29. The molecular formula is C64H92N6O18. The maximum atomic E-state index is 13.9. The van der Waals surface area contributed by atoms with Crippen molar-refractivity contribution in [3.05, 3.63) is 83.5 Å². The van der Waals surface area contributed by atoms with E-state index >= 15 is 0 Å². The Balaban J connectivity index is 1.08. The number of carbonyl (C=O) groups excluding carboxylic acids is 10. The summed E-state index contributed by atoms with van der Waals surface area (Å²) >= 11 is 0. The second-order valence-electron chi connectivity index (χ2n) is 24.2. The van der Waals surface area contributed by atoms with Crippen LogP contribution in [0, 0.1) is 17.8 Å². The summed E-state index contributed by atoms with van der Waals surface area (Å²) in [6.07, 6.45) is 7.74. The number of unbranched alkanes of at least 4 members (excludes halogenated alkanes) is 2. The van der Waals surface area contributed by atoms with Crippen LogP contribution in [0.25, 0.3) is 0 Å². The molecule has 1 aromatic rings. The predicted molar refractivity (Wildman–Crippen MR) is 321 cm³/mol. The van der Waals surface area contributed by atoms with Gasteiger partial charge in [0.2, 0.25) is 17.7 Å². The highest BCUT2D eigenvalue weighted by Gasteiger charge is 2.47. The number of aliphatic hydroxyl groups is 3. The fraction of sp³-hybridized carbons (Fsp3) is 0.625. The van der Waals surface area contributed by atoms with Gasteiger partial charge in [0.25, 0.3) is 11.8 Å². The van der Waals surface area contributed by atoms with Crippen LogP contribution in [0.15, 0.2) is 72.4 Å². The lowest BCUT2D eigenvalue weighted by molar-refractivity contribution is -0.151. The van der Waals surface area contributed by atoms with E-state index in [1.54, 1.807) is 75.4 Å². The number of piperazine rings is 1. The summed E-state index contributed by atoms with van der Waals surface area (Å²) in [5.41, 5.74) is 4.86.